The van der Waals surface area contributed by atoms with Crippen molar-refractivity contribution in [2.24, 2.45) is 5.73 Å². The summed E-state index contributed by atoms with van der Waals surface area (Å²) >= 11 is 1.46. The minimum absolute atomic E-state index is 0.193. The first kappa shape index (κ1) is 17.8. The number of nitrogens with zero attached hydrogens (tertiary/aromatic N) is 2. The number of amides is 1. The smallest absolute Gasteiger partial charge is 0.343 e. The van der Waals surface area contributed by atoms with E-state index in [0.717, 1.165) is 19.4 Å². The van der Waals surface area contributed by atoms with E-state index in [1.807, 2.05) is 20.8 Å². The zero-order valence-corrected chi connectivity index (χ0v) is 13.8. The number of H-pyrrole nitrogens is 1. The highest BCUT2D eigenvalue weighted by Gasteiger charge is 2.29. The molecule has 8 heteroatoms. The third-order valence-electron chi connectivity index (χ3n) is 3.31. The molecule has 1 aromatic rings. The normalized spacial score (nSPS) is 14.0. The first-order valence-electron chi connectivity index (χ1n) is 7.27. The molecular formula is C13H25N5O2S. The van der Waals surface area contributed by atoms with E-state index in [4.69, 9.17) is 5.73 Å². The van der Waals surface area contributed by atoms with Crippen LogP contribution >= 0.6 is 11.8 Å². The lowest BCUT2D eigenvalue weighted by Crippen LogP contribution is -2.53. The molecular weight excluding hydrogens is 290 g/mol. The number of hydrogen-bond acceptors (Lipinski definition) is 5. The van der Waals surface area contributed by atoms with E-state index >= 15 is 0 Å². The molecule has 120 valence electrons. The molecule has 7 nitrogen and oxygen atoms in total. The van der Waals surface area contributed by atoms with Gasteiger partial charge in [0, 0.05) is 12.3 Å². The molecule has 0 aliphatic carbocycles. The van der Waals surface area contributed by atoms with E-state index in [1.54, 1.807) is 4.57 Å². The molecule has 1 rings (SSSR count). The summed E-state index contributed by atoms with van der Waals surface area (Å²) in [6, 6.07) is 0. The van der Waals surface area contributed by atoms with Gasteiger partial charge in [-0.3, -0.25) is 9.36 Å². The second-order valence-corrected chi connectivity index (χ2v) is 6.25. The van der Waals surface area contributed by atoms with Crippen LogP contribution in [0.1, 0.15) is 40.0 Å². The number of aromatic nitrogens is 3. The van der Waals surface area contributed by atoms with Crippen LogP contribution in [0, 0.1) is 0 Å². The van der Waals surface area contributed by atoms with Gasteiger partial charge in [-0.15, -0.1) is 5.10 Å². The van der Waals surface area contributed by atoms with Crippen molar-refractivity contribution in [2.75, 3.05) is 12.3 Å². The molecule has 0 fully saturated rings. The Balaban J connectivity index is 2.62. The summed E-state index contributed by atoms with van der Waals surface area (Å²) in [5.41, 5.74) is 4.56. The topological polar surface area (TPSA) is 106 Å². The monoisotopic (exact) mass is 315 g/mol. The van der Waals surface area contributed by atoms with Crippen LogP contribution in [0.15, 0.2) is 9.95 Å². The lowest BCUT2D eigenvalue weighted by Gasteiger charge is -2.27. The van der Waals surface area contributed by atoms with Crippen molar-refractivity contribution < 1.29 is 4.79 Å². The predicted molar refractivity (Wildman–Crippen MR) is 84.4 cm³/mol. The van der Waals surface area contributed by atoms with Gasteiger partial charge in [0.15, 0.2) is 5.16 Å². The van der Waals surface area contributed by atoms with E-state index < -0.39 is 5.54 Å². The molecule has 0 bridgehead atoms. The zero-order chi connectivity index (χ0) is 15.9. The zero-order valence-electron chi connectivity index (χ0n) is 12.9. The number of nitrogens with one attached hydrogen (secondary N) is 2. The van der Waals surface area contributed by atoms with Crippen molar-refractivity contribution in [1.82, 2.24) is 20.1 Å². The Morgan fingerprint density at radius 1 is 1.48 bits per heavy atom. The van der Waals surface area contributed by atoms with Gasteiger partial charge in [-0.1, -0.05) is 25.6 Å². The quantitative estimate of drug-likeness (QED) is 0.551. The minimum atomic E-state index is -0.727. The van der Waals surface area contributed by atoms with E-state index in [9.17, 15) is 9.59 Å². The molecule has 0 aliphatic rings. The fourth-order valence-corrected chi connectivity index (χ4v) is 3.01. The highest BCUT2D eigenvalue weighted by molar-refractivity contribution is 7.99. The predicted octanol–water partition coefficient (Wildman–Crippen LogP) is 0.707. The second-order valence-electron chi connectivity index (χ2n) is 5.18. The van der Waals surface area contributed by atoms with E-state index in [2.05, 4.69) is 15.5 Å². The number of carbonyl (C=O) groups is 1. The number of aromatic amines is 1. The maximum Gasteiger partial charge on any atom is 0.343 e. The lowest BCUT2D eigenvalue weighted by molar-refractivity contribution is -0.123. The van der Waals surface area contributed by atoms with Crippen molar-refractivity contribution in [2.45, 2.75) is 57.3 Å². The summed E-state index contributed by atoms with van der Waals surface area (Å²) in [5.74, 6) is 0.300. The molecule has 0 saturated carbocycles. The number of primary amides is 1. The lowest BCUT2D eigenvalue weighted by atomic mass is 9.98. The third kappa shape index (κ3) is 4.89. The van der Waals surface area contributed by atoms with E-state index in [0.29, 0.717) is 23.9 Å². The molecule has 1 aromatic heterocycles. The van der Waals surface area contributed by atoms with Gasteiger partial charge in [0.05, 0.1) is 5.54 Å². The number of rotatable bonds is 10. The van der Waals surface area contributed by atoms with Gasteiger partial charge >= 0.3 is 5.69 Å². The summed E-state index contributed by atoms with van der Waals surface area (Å²) in [4.78, 5) is 23.2. The van der Waals surface area contributed by atoms with Crippen molar-refractivity contribution in [3.63, 3.8) is 0 Å². The van der Waals surface area contributed by atoms with Crippen molar-refractivity contribution >= 4 is 17.7 Å². The molecule has 1 amide bonds. The van der Waals surface area contributed by atoms with Crippen molar-refractivity contribution in [1.29, 1.82) is 0 Å². The highest BCUT2D eigenvalue weighted by atomic mass is 32.2. The van der Waals surface area contributed by atoms with Crippen LogP contribution in [0.5, 0.6) is 0 Å². The number of nitrogens with two attached hydrogens (primary N) is 1. The summed E-state index contributed by atoms with van der Waals surface area (Å²) in [6.07, 6.45) is 2.38. The maximum absolute atomic E-state index is 11.6. The SMILES string of the molecule is CCCNC(C)(CCSc1n[nH]c(=O)n1CCC)C(N)=O. The first-order valence-corrected chi connectivity index (χ1v) is 8.26. The van der Waals surface area contributed by atoms with Crippen LogP contribution in [0.4, 0.5) is 0 Å². The van der Waals surface area contributed by atoms with Crippen LogP contribution in [-0.2, 0) is 11.3 Å². The molecule has 21 heavy (non-hydrogen) atoms. The van der Waals surface area contributed by atoms with Crippen molar-refractivity contribution in [3.05, 3.63) is 10.5 Å². The van der Waals surface area contributed by atoms with Gasteiger partial charge in [-0.2, -0.15) is 0 Å². The fourth-order valence-electron chi connectivity index (χ4n) is 1.88. The second kappa shape index (κ2) is 8.23. The summed E-state index contributed by atoms with van der Waals surface area (Å²) in [7, 11) is 0. The number of carbonyl (C=O) groups excluding carboxylic acids is 1. The standard InChI is InChI=1S/C13H25N5O2S/c1-4-7-15-13(3,10(14)19)6-9-21-12-17-16-11(20)18(12)8-5-2/h15H,4-9H2,1-3H3,(H2,14,19)(H,16,20). The number of thioether (sulfide) groups is 1. The van der Waals surface area contributed by atoms with Crippen LogP contribution < -0.4 is 16.7 Å². The Hall–Kier alpha value is -1.28. The highest BCUT2D eigenvalue weighted by Crippen LogP contribution is 2.19. The average molecular weight is 315 g/mol. The fraction of sp³-hybridized carbons (Fsp3) is 0.769. The van der Waals surface area contributed by atoms with Gasteiger partial charge in [-0.05, 0) is 32.7 Å². The third-order valence-corrected chi connectivity index (χ3v) is 4.29. The molecule has 1 heterocycles. The Labute approximate surface area is 129 Å². The molecule has 1 atom stereocenters. The van der Waals surface area contributed by atoms with Gasteiger partial charge in [0.2, 0.25) is 5.91 Å². The van der Waals surface area contributed by atoms with E-state index in [-0.39, 0.29) is 11.6 Å². The minimum Gasteiger partial charge on any atom is -0.368 e. The Morgan fingerprint density at radius 3 is 2.76 bits per heavy atom. The summed E-state index contributed by atoms with van der Waals surface area (Å²) < 4.78 is 1.62. The van der Waals surface area contributed by atoms with E-state index in [1.165, 1.54) is 11.8 Å². The Kier molecular flexibility index (Phi) is 6.97. The Bertz CT molecular complexity index is 513. The largest absolute Gasteiger partial charge is 0.368 e. The maximum atomic E-state index is 11.6. The van der Waals surface area contributed by atoms with Crippen LogP contribution in [0.3, 0.4) is 0 Å². The molecule has 0 spiro atoms. The summed E-state index contributed by atoms with van der Waals surface area (Å²) in [5, 5.41) is 10.3. The molecule has 0 aliphatic heterocycles. The average Bonchev–Trinajstić information content (AvgIpc) is 2.78. The molecule has 1 unspecified atom stereocenters. The molecule has 0 radical (unpaired) electrons. The summed E-state index contributed by atoms with van der Waals surface area (Å²) in [6.45, 7) is 7.24. The Morgan fingerprint density at radius 2 is 2.19 bits per heavy atom. The van der Waals surface area contributed by atoms with Gasteiger partial charge in [0.25, 0.3) is 0 Å². The van der Waals surface area contributed by atoms with Crippen LogP contribution in [-0.4, -0.2) is 38.5 Å². The van der Waals surface area contributed by atoms with Gasteiger partial charge in [-0.25, -0.2) is 9.89 Å². The first-order chi connectivity index (χ1) is 9.94. The van der Waals surface area contributed by atoms with Crippen LogP contribution in [0.2, 0.25) is 0 Å². The molecule has 0 aromatic carbocycles. The molecule has 4 N–H and O–H groups in total. The molecule has 0 saturated heterocycles. The van der Waals surface area contributed by atoms with Gasteiger partial charge in [0.1, 0.15) is 0 Å². The number of hydrogen-bond donors (Lipinski definition) is 3. The van der Waals surface area contributed by atoms with Crippen molar-refractivity contribution in [3.8, 4) is 0 Å². The van der Waals surface area contributed by atoms with Gasteiger partial charge < -0.3 is 11.1 Å². The van der Waals surface area contributed by atoms with Crippen LogP contribution in [0.25, 0.3) is 0 Å².